The SMILES string of the molecule is C1=CC=CNC=C1.O=C(c1ccc(F)cc1)C1C=c2c(ccc3c2=CCc2ccc(Cl)cc2-3)CC1. The summed E-state index contributed by atoms with van der Waals surface area (Å²) in [7, 11) is 0. The number of ketones is 1. The number of aryl methyl sites for hydroxylation is 1. The first-order valence-electron chi connectivity index (χ1n) is 11.8. The molecule has 174 valence electrons. The van der Waals surface area contributed by atoms with Crippen LogP contribution in [0.5, 0.6) is 0 Å². The Kier molecular flexibility index (Phi) is 6.78. The molecule has 6 rings (SSSR count). The summed E-state index contributed by atoms with van der Waals surface area (Å²) in [6, 6.07) is 16.2. The number of halogens is 2. The predicted molar refractivity (Wildman–Crippen MR) is 142 cm³/mol. The van der Waals surface area contributed by atoms with Crippen LogP contribution in [0.4, 0.5) is 4.39 Å². The van der Waals surface area contributed by atoms with E-state index in [1.54, 1.807) is 12.1 Å². The van der Waals surface area contributed by atoms with Gasteiger partial charge in [0.1, 0.15) is 5.82 Å². The zero-order valence-electron chi connectivity index (χ0n) is 19.2. The Labute approximate surface area is 209 Å². The molecule has 1 atom stereocenters. The van der Waals surface area contributed by atoms with Gasteiger partial charge in [-0.15, -0.1) is 0 Å². The van der Waals surface area contributed by atoms with Gasteiger partial charge in [-0.25, -0.2) is 4.39 Å². The number of hydrogen-bond donors (Lipinski definition) is 1. The summed E-state index contributed by atoms with van der Waals surface area (Å²) in [4.78, 5) is 13.0. The first-order valence-corrected chi connectivity index (χ1v) is 12.1. The number of nitrogens with one attached hydrogen (secondary N) is 1. The number of rotatable bonds is 2. The highest BCUT2D eigenvalue weighted by Gasteiger charge is 2.23. The molecule has 0 saturated carbocycles. The lowest BCUT2D eigenvalue weighted by molar-refractivity contribution is 0.0946. The monoisotopic (exact) mass is 481 g/mol. The Balaban J connectivity index is 0.000000313. The van der Waals surface area contributed by atoms with Crippen molar-refractivity contribution in [3.8, 4) is 11.1 Å². The molecule has 1 N–H and O–H groups in total. The molecule has 0 aromatic heterocycles. The van der Waals surface area contributed by atoms with Crippen LogP contribution in [0, 0.1) is 11.7 Å². The average Bonchev–Trinajstić information content (AvgIpc) is 3.22. The lowest BCUT2D eigenvalue weighted by Crippen LogP contribution is -2.37. The second kappa shape index (κ2) is 10.3. The van der Waals surface area contributed by atoms with Crippen molar-refractivity contribution >= 4 is 29.5 Å². The summed E-state index contributed by atoms with van der Waals surface area (Å²) >= 11 is 6.24. The average molecular weight is 482 g/mol. The number of fused-ring (bicyclic) bond motifs is 5. The van der Waals surface area contributed by atoms with E-state index < -0.39 is 0 Å². The van der Waals surface area contributed by atoms with Crippen LogP contribution in [0.3, 0.4) is 0 Å². The van der Waals surface area contributed by atoms with Crippen molar-refractivity contribution < 1.29 is 9.18 Å². The fourth-order valence-electron chi connectivity index (χ4n) is 4.78. The standard InChI is InChI=1S/C25H18ClFO.C6H7N/c26-19-8-3-16-7-11-21-22(24(16)14-19)12-6-15-1-2-18(13-23(15)21)25(28)17-4-9-20(27)10-5-17;1-2-4-6-7-5-3-1/h3-6,8-14,18H,1-2,7H2;1-7H. The molecule has 0 saturated heterocycles. The summed E-state index contributed by atoms with van der Waals surface area (Å²) in [6.07, 6.45) is 18.5. The van der Waals surface area contributed by atoms with Gasteiger partial charge in [0, 0.05) is 28.9 Å². The number of carbonyl (C=O) groups excluding carboxylic acids is 1. The summed E-state index contributed by atoms with van der Waals surface area (Å²) in [5.41, 5.74) is 5.47. The Morgan fingerprint density at radius 1 is 0.857 bits per heavy atom. The summed E-state index contributed by atoms with van der Waals surface area (Å²) < 4.78 is 13.2. The van der Waals surface area contributed by atoms with Gasteiger partial charge in [0.15, 0.2) is 5.78 Å². The normalized spacial score (nSPS) is 16.7. The zero-order chi connectivity index (χ0) is 24.2. The minimum absolute atomic E-state index is 0.0579. The van der Waals surface area contributed by atoms with Crippen LogP contribution in [-0.2, 0) is 12.8 Å². The maximum Gasteiger partial charge on any atom is 0.169 e. The maximum atomic E-state index is 13.2. The molecule has 2 aliphatic carbocycles. The van der Waals surface area contributed by atoms with Gasteiger partial charge in [-0.1, -0.05) is 54.1 Å². The molecule has 0 radical (unpaired) electrons. The van der Waals surface area contributed by atoms with Gasteiger partial charge >= 0.3 is 0 Å². The highest BCUT2D eigenvalue weighted by atomic mass is 35.5. The van der Waals surface area contributed by atoms with Crippen LogP contribution < -0.4 is 15.8 Å². The van der Waals surface area contributed by atoms with Gasteiger partial charge in [0.2, 0.25) is 0 Å². The third-order valence-corrected chi connectivity index (χ3v) is 6.78. The molecular formula is C31H25ClFNO. The van der Waals surface area contributed by atoms with E-state index in [4.69, 9.17) is 11.6 Å². The fourth-order valence-corrected chi connectivity index (χ4v) is 4.95. The molecule has 1 unspecified atom stereocenters. The van der Waals surface area contributed by atoms with Crippen molar-refractivity contribution in [1.29, 1.82) is 0 Å². The topological polar surface area (TPSA) is 29.1 Å². The molecule has 0 amide bonds. The van der Waals surface area contributed by atoms with Gasteiger partial charge in [-0.2, -0.15) is 0 Å². The fraction of sp³-hybridized carbons (Fsp3) is 0.129. The molecule has 4 heteroatoms. The van der Waals surface area contributed by atoms with E-state index in [0.29, 0.717) is 5.56 Å². The molecule has 35 heavy (non-hydrogen) atoms. The van der Waals surface area contributed by atoms with Gasteiger partial charge in [0.05, 0.1) is 0 Å². The summed E-state index contributed by atoms with van der Waals surface area (Å²) in [5, 5.41) is 6.02. The molecule has 0 bridgehead atoms. The van der Waals surface area contributed by atoms with Crippen molar-refractivity contribution in [3.63, 3.8) is 0 Å². The van der Waals surface area contributed by atoms with Crippen molar-refractivity contribution in [2.24, 2.45) is 5.92 Å². The molecule has 3 aromatic rings. The molecule has 3 aliphatic rings. The van der Waals surface area contributed by atoms with Gasteiger partial charge < -0.3 is 5.32 Å². The van der Waals surface area contributed by atoms with E-state index in [1.807, 2.05) is 48.8 Å². The van der Waals surface area contributed by atoms with Crippen LogP contribution in [0.1, 0.15) is 27.9 Å². The second-order valence-electron chi connectivity index (χ2n) is 8.76. The molecule has 1 aliphatic heterocycles. The number of Topliss-reactive ketones (excluding diaryl/α,β-unsaturated/α-hetero) is 1. The van der Waals surface area contributed by atoms with E-state index in [1.165, 1.54) is 39.6 Å². The Morgan fingerprint density at radius 2 is 1.60 bits per heavy atom. The quantitative estimate of drug-likeness (QED) is 0.463. The molecule has 2 nitrogen and oxygen atoms in total. The maximum absolute atomic E-state index is 13.2. The van der Waals surface area contributed by atoms with Crippen LogP contribution in [0.2, 0.25) is 5.02 Å². The number of benzene rings is 3. The van der Waals surface area contributed by atoms with E-state index in [2.05, 4.69) is 35.7 Å². The van der Waals surface area contributed by atoms with Crippen molar-refractivity contribution in [2.75, 3.05) is 0 Å². The third kappa shape index (κ3) is 5.06. The van der Waals surface area contributed by atoms with Crippen LogP contribution in [-0.4, -0.2) is 5.78 Å². The lowest BCUT2D eigenvalue weighted by atomic mass is 9.82. The van der Waals surface area contributed by atoms with Crippen molar-refractivity contribution in [2.45, 2.75) is 19.3 Å². The number of allylic oxidation sites excluding steroid dienone is 4. The summed E-state index contributed by atoms with van der Waals surface area (Å²) in [5.74, 6) is -0.448. The van der Waals surface area contributed by atoms with Gasteiger partial charge in [-0.05, 0) is 101 Å². The zero-order valence-corrected chi connectivity index (χ0v) is 19.9. The Morgan fingerprint density at radius 3 is 2.37 bits per heavy atom. The third-order valence-electron chi connectivity index (χ3n) is 6.54. The largest absolute Gasteiger partial charge is 0.368 e. The van der Waals surface area contributed by atoms with Crippen LogP contribution in [0.25, 0.3) is 23.3 Å². The van der Waals surface area contributed by atoms with Gasteiger partial charge in [0.25, 0.3) is 0 Å². The van der Waals surface area contributed by atoms with Gasteiger partial charge in [-0.3, -0.25) is 4.79 Å². The Bertz CT molecular complexity index is 1470. The first kappa shape index (κ1) is 23.1. The molecule has 0 spiro atoms. The predicted octanol–water partition coefficient (Wildman–Crippen LogP) is 5.88. The lowest BCUT2D eigenvalue weighted by Gasteiger charge is -2.21. The molecule has 3 aromatic carbocycles. The first-order chi connectivity index (χ1) is 17.1. The Hall–Kier alpha value is -3.69. The van der Waals surface area contributed by atoms with E-state index in [9.17, 15) is 9.18 Å². The molecule has 1 heterocycles. The van der Waals surface area contributed by atoms with Crippen LogP contribution in [0.15, 0.2) is 91.3 Å². The highest BCUT2D eigenvalue weighted by Crippen LogP contribution is 2.28. The number of carbonyl (C=O) groups is 1. The van der Waals surface area contributed by atoms with E-state index >= 15 is 0 Å². The minimum atomic E-state index is -0.324. The highest BCUT2D eigenvalue weighted by molar-refractivity contribution is 6.30. The second-order valence-corrected chi connectivity index (χ2v) is 9.20. The molecule has 0 fully saturated rings. The minimum Gasteiger partial charge on any atom is -0.368 e. The smallest absolute Gasteiger partial charge is 0.169 e. The van der Waals surface area contributed by atoms with E-state index in [-0.39, 0.29) is 17.5 Å². The van der Waals surface area contributed by atoms with Crippen molar-refractivity contribution in [3.05, 3.63) is 129 Å². The van der Waals surface area contributed by atoms with E-state index in [0.717, 1.165) is 29.5 Å². The van der Waals surface area contributed by atoms with Crippen molar-refractivity contribution in [1.82, 2.24) is 5.32 Å². The van der Waals surface area contributed by atoms with Crippen LogP contribution >= 0.6 is 11.6 Å². The molecular weight excluding hydrogens is 457 g/mol. The summed E-state index contributed by atoms with van der Waals surface area (Å²) in [6.45, 7) is 0. The number of hydrogen-bond acceptors (Lipinski definition) is 2.